The number of imide groups is 1. The van der Waals surface area contributed by atoms with Gasteiger partial charge < -0.3 is 14.6 Å². The summed E-state index contributed by atoms with van der Waals surface area (Å²) in [4.78, 5) is 38.6. The van der Waals surface area contributed by atoms with Crippen LogP contribution in [0.4, 0.5) is 4.79 Å². The van der Waals surface area contributed by atoms with Crippen LogP contribution in [0.15, 0.2) is 85.0 Å². The molecule has 34 heavy (non-hydrogen) atoms. The molecule has 1 N–H and O–H groups in total. The van der Waals surface area contributed by atoms with Crippen molar-refractivity contribution in [3.63, 3.8) is 0 Å². The average molecular weight is 464 g/mol. The number of carbonyl (C=O) groups is 3. The smallest absolute Gasteiger partial charge is 0.416 e. The maximum absolute atomic E-state index is 13.0. The zero-order valence-corrected chi connectivity index (χ0v) is 19.3. The van der Waals surface area contributed by atoms with E-state index in [1.807, 2.05) is 30.3 Å². The fourth-order valence-corrected chi connectivity index (χ4v) is 3.54. The van der Waals surface area contributed by atoms with E-state index in [-0.39, 0.29) is 6.61 Å². The average Bonchev–Trinajstić information content (AvgIpc) is 3.21. The Morgan fingerprint density at radius 2 is 1.76 bits per heavy atom. The minimum Gasteiger partial charge on any atom is -0.454 e. The lowest BCUT2D eigenvalue weighted by Gasteiger charge is -2.24. The third-order valence-corrected chi connectivity index (χ3v) is 5.74. The number of rotatable bonds is 9. The van der Waals surface area contributed by atoms with Crippen LogP contribution in [0.5, 0.6) is 0 Å². The first-order valence-electron chi connectivity index (χ1n) is 11.1. The molecule has 1 aliphatic rings. The molecule has 1 aliphatic heterocycles. The number of cyclic esters (lactones) is 1. The van der Waals surface area contributed by atoms with Crippen molar-refractivity contribution in [2.75, 3.05) is 6.61 Å². The number of aliphatic hydroxyl groups is 1. The van der Waals surface area contributed by atoms with Crippen molar-refractivity contribution in [2.45, 2.75) is 38.5 Å². The Bertz CT molecular complexity index is 1050. The van der Waals surface area contributed by atoms with Gasteiger partial charge in [0.25, 0.3) is 0 Å². The summed E-state index contributed by atoms with van der Waals surface area (Å²) >= 11 is 0. The fourth-order valence-electron chi connectivity index (χ4n) is 3.54. The number of nitrogens with zero attached hydrogens (tertiary/aromatic N) is 1. The van der Waals surface area contributed by atoms with Crippen LogP contribution in [0.2, 0.25) is 0 Å². The highest BCUT2D eigenvalue weighted by Gasteiger charge is 2.40. The van der Waals surface area contributed by atoms with E-state index in [1.165, 1.54) is 12.2 Å². The van der Waals surface area contributed by atoms with Gasteiger partial charge in [-0.25, -0.2) is 14.5 Å². The van der Waals surface area contributed by atoms with E-state index in [1.54, 1.807) is 44.2 Å². The number of carbonyl (C=O) groups excluding carboxylic acids is 3. The standard InChI is InChI=1S/C27H29NO6/c1-18(20(3)34-26(31)22-12-8-5-9-13-22)14-15-24(29)19(2)25(30)28-23(17-33-27(28)32)16-21-10-6-4-7-11-21/h4-15,19-20,23-24,29H,1,16-17H2,2-3H3/b15-14+/t19-,20?,23+,24-/m1/s1. The van der Waals surface area contributed by atoms with Gasteiger partial charge in [-0.05, 0) is 36.6 Å². The number of amides is 2. The van der Waals surface area contributed by atoms with Crippen LogP contribution in [0.3, 0.4) is 0 Å². The highest BCUT2D eigenvalue weighted by Crippen LogP contribution is 2.22. The van der Waals surface area contributed by atoms with Crippen LogP contribution >= 0.6 is 0 Å². The minimum atomic E-state index is -1.17. The molecule has 0 saturated carbocycles. The first kappa shape index (κ1) is 24.9. The van der Waals surface area contributed by atoms with Gasteiger partial charge in [-0.15, -0.1) is 0 Å². The van der Waals surface area contributed by atoms with Gasteiger partial charge in [-0.1, -0.05) is 74.2 Å². The van der Waals surface area contributed by atoms with Crippen LogP contribution in [0, 0.1) is 5.92 Å². The van der Waals surface area contributed by atoms with Gasteiger partial charge in [0.15, 0.2) is 0 Å². The van der Waals surface area contributed by atoms with Crippen molar-refractivity contribution in [1.82, 2.24) is 4.90 Å². The summed E-state index contributed by atoms with van der Waals surface area (Å²) in [5.41, 5.74) is 1.85. The third-order valence-electron chi connectivity index (χ3n) is 5.74. The highest BCUT2D eigenvalue weighted by atomic mass is 16.6. The van der Waals surface area contributed by atoms with E-state index in [4.69, 9.17) is 9.47 Å². The number of esters is 1. The molecule has 1 heterocycles. The zero-order valence-electron chi connectivity index (χ0n) is 19.3. The van der Waals surface area contributed by atoms with Gasteiger partial charge >= 0.3 is 12.1 Å². The lowest BCUT2D eigenvalue weighted by Crippen LogP contribution is -2.45. The van der Waals surface area contributed by atoms with E-state index in [0.29, 0.717) is 17.6 Å². The summed E-state index contributed by atoms with van der Waals surface area (Å²) in [5, 5.41) is 10.6. The quantitative estimate of drug-likeness (QED) is 0.447. The van der Waals surface area contributed by atoms with Crippen molar-refractivity contribution in [1.29, 1.82) is 0 Å². The van der Waals surface area contributed by atoms with Crippen LogP contribution in [0.1, 0.15) is 29.8 Å². The second-order valence-corrected chi connectivity index (χ2v) is 8.26. The molecule has 1 saturated heterocycles. The van der Waals surface area contributed by atoms with Crippen LogP contribution < -0.4 is 0 Å². The SMILES string of the molecule is C=C(/C=C/[C@@H](O)[C@@H](C)C(=O)N1C(=O)OC[C@@H]1Cc1ccccc1)C(C)OC(=O)c1ccccc1. The fraction of sp³-hybridized carbons (Fsp3) is 0.296. The molecule has 0 aliphatic carbocycles. The van der Waals surface area contributed by atoms with Gasteiger partial charge in [0.1, 0.15) is 12.7 Å². The number of aliphatic hydroxyl groups excluding tert-OH is 1. The molecule has 0 radical (unpaired) electrons. The lowest BCUT2D eigenvalue weighted by molar-refractivity contribution is -0.135. The Balaban J connectivity index is 1.58. The summed E-state index contributed by atoms with van der Waals surface area (Å²) in [6, 6.07) is 17.7. The van der Waals surface area contributed by atoms with Gasteiger partial charge in [-0.3, -0.25) is 4.79 Å². The molecule has 1 fully saturated rings. The molecule has 7 heteroatoms. The Morgan fingerprint density at radius 1 is 1.15 bits per heavy atom. The van der Waals surface area contributed by atoms with Crippen molar-refractivity contribution in [3.05, 3.63) is 96.1 Å². The Morgan fingerprint density at radius 3 is 2.41 bits per heavy atom. The first-order chi connectivity index (χ1) is 16.3. The summed E-state index contributed by atoms with van der Waals surface area (Å²) < 4.78 is 10.5. The predicted octanol–water partition coefficient (Wildman–Crippen LogP) is 3.93. The van der Waals surface area contributed by atoms with Gasteiger partial charge in [-0.2, -0.15) is 0 Å². The predicted molar refractivity (Wildman–Crippen MR) is 127 cm³/mol. The largest absolute Gasteiger partial charge is 0.454 e. The molecule has 7 nitrogen and oxygen atoms in total. The zero-order chi connectivity index (χ0) is 24.7. The van der Waals surface area contributed by atoms with E-state index < -0.39 is 42.1 Å². The van der Waals surface area contributed by atoms with Crippen molar-refractivity contribution in [3.8, 4) is 0 Å². The van der Waals surface area contributed by atoms with Gasteiger partial charge in [0, 0.05) is 0 Å². The molecule has 2 aromatic rings. The molecule has 0 aromatic heterocycles. The molecule has 2 aromatic carbocycles. The molecular weight excluding hydrogens is 434 g/mol. The molecule has 4 atom stereocenters. The summed E-state index contributed by atoms with van der Waals surface area (Å²) in [5.74, 6) is -1.89. The van der Waals surface area contributed by atoms with E-state index in [9.17, 15) is 19.5 Å². The molecule has 3 rings (SSSR count). The summed E-state index contributed by atoms with van der Waals surface area (Å²) in [6.45, 7) is 7.21. The Hall–Kier alpha value is -3.71. The lowest BCUT2D eigenvalue weighted by atomic mass is 9.99. The number of benzene rings is 2. The number of hydrogen-bond acceptors (Lipinski definition) is 6. The van der Waals surface area contributed by atoms with Crippen LogP contribution in [-0.2, 0) is 20.7 Å². The van der Waals surface area contributed by atoms with Crippen molar-refractivity contribution < 1.29 is 29.0 Å². The second kappa shape index (κ2) is 11.4. The molecule has 1 unspecified atom stereocenters. The highest BCUT2D eigenvalue weighted by molar-refractivity contribution is 5.95. The van der Waals surface area contributed by atoms with Gasteiger partial charge in [0.05, 0.1) is 23.6 Å². The maximum atomic E-state index is 13.0. The summed E-state index contributed by atoms with van der Waals surface area (Å²) in [6.07, 6.45) is 0.878. The van der Waals surface area contributed by atoms with Crippen molar-refractivity contribution >= 4 is 18.0 Å². The summed E-state index contributed by atoms with van der Waals surface area (Å²) in [7, 11) is 0. The van der Waals surface area contributed by atoms with Crippen LogP contribution in [0.25, 0.3) is 0 Å². The van der Waals surface area contributed by atoms with E-state index in [0.717, 1.165) is 10.5 Å². The number of hydrogen-bond donors (Lipinski definition) is 1. The third kappa shape index (κ3) is 6.20. The molecule has 0 spiro atoms. The molecule has 178 valence electrons. The Labute approximate surface area is 199 Å². The first-order valence-corrected chi connectivity index (χ1v) is 11.1. The topological polar surface area (TPSA) is 93.1 Å². The molecule has 0 bridgehead atoms. The molecular formula is C27H29NO6. The molecule has 2 amide bonds. The second-order valence-electron chi connectivity index (χ2n) is 8.26. The minimum absolute atomic E-state index is 0.110. The Kier molecular flexibility index (Phi) is 8.38. The van der Waals surface area contributed by atoms with Gasteiger partial charge in [0.2, 0.25) is 5.91 Å². The van der Waals surface area contributed by atoms with E-state index in [2.05, 4.69) is 6.58 Å². The maximum Gasteiger partial charge on any atom is 0.416 e. The monoisotopic (exact) mass is 463 g/mol. The van der Waals surface area contributed by atoms with Crippen molar-refractivity contribution in [2.24, 2.45) is 5.92 Å². The number of ether oxygens (including phenoxy) is 2. The van der Waals surface area contributed by atoms with E-state index >= 15 is 0 Å². The normalized spacial score (nSPS) is 18.3. The van der Waals surface area contributed by atoms with Crippen LogP contribution in [-0.4, -0.2) is 52.8 Å².